The van der Waals surface area contributed by atoms with Gasteiger partial charge in [-0.1, -0.05) is 19.8 Å². The van der Waals surface area contributed by atoms with Gasteiger partial charge in [0.05, 0.1) is 4.47 Å². The van der Waals surface area contributed by atoms with Crippen molar-refractivity contribution in [1.82, 2.24) is 15.3 Å². The molecule has 5 nitrogen and oxygen atoms in total. The van der Waals surface area contributed by atoms with Crippen LogP contribution in [0.25, 0.3) is 0 Å². The second-order valence-corrected chi connectivity index (χ2v) is 7.55. The van der Waals surface area contributed by atoms with Crippen LogP contribution in [0.1, 0.15) is 45.4 Å². The largest absolute Gasteiger partial charge is 0.379 e. The van der Waals surface area contributed by atoms with Crippen molar-refractivity contribution in [2.24, 2.45) is 11.8 Å². The summed E-state index contributed by atoms with van der Waals surface area (Å²) in [6, 6.07) is 0. The molecule has 0 radical (unpaired) electrons. The molecule has 2 rings (SSSR count). The van der Waals surface area contributed by atoms with E-state index in [-0.39, 0.29) is 6.23 Å². The highest BCUT2D eigenvalue weighted by atomic mass is 79.9. The second-order valence-electron chi connectivity index (χ2n) is 6.63. The third kappa shape index (κ3) is 6.36. The molecule has 1 aliphatic rings. The van der Waals surface area contributed by atoms with E-state index in [1.54, 1.807) is 12.4 Å². The van der Waals surface area contributed by atoms with E-state index in [0.29, 0.717) is 0 Å². The number of aliphatic hydroxyl groups is 1. The minimum atomic E-state index is -0.340. The first kappa shape index (κ1) is 18.6. The molecule has 1 saturated carbocycles. The van der Waals surface area contributed by atoms with Crippen molar-refractivity contribution in [2.45, 2.75) is 51.7 Å². The zero-order chi connectivity index (χ0) is 16.7. The van der Waals surface area contributed by atoms with Gasteiger partial charge >= 0.3 is 0 Å². The van der Waals surface area contributed by atoms with E-state index >= 15 is 0 Å². The van der Waals surface area contributed by atoms with Gasteiger partial charge in [0.15, 0.2) is 0 Å². The number of anilines is 1. The van der Waals surface area contributed by atoms with Gasteiger partial charge in [-0.05, 0) is 53.4 Å². The van der Waals surface area contributed by atoms with E-state index in [2.05, 4.69) is 43.2 Å². The molecule has 2 N–H and O–H groups in total. The lowest BCUT2D eigenvalue weighted by Gasteiger charge is -2.30. The third-order valence-corrected chi connectivity index (χ3v) is 5.23. The van der Waals surface area contributed by atoms with Gasteiger partial charge in [-0.25, -0.2) is 9.97 Å². The molecule has 130 valence electrons. The van der Waals surface area contributed by atoms with E-state index in [1.807, 2.05) is 6.92 Å². The molecular formula is C17H29BrN4O. The van der Waals surface area contributed by atoms with Crippen LogP contribution in [0.5, 0.6) is 0 Å². The topological polar surface area (TPSA) is 61.3 Å². The number of nitrogens with zero attached hydrogens (tertiary/aromatic N) is 3. The lowest BCUT2D eigenvalue weighted by Crippen LogP contribution is -2.34. The van der Waals surface area contributed by atoms with E-state index < -0.39 is 0 Å². The lowest BCUT2D eigenvalue weighted by atomic mass is 9.80. The summed E-state index contributed by atoms with van der Waals surface area (Å²) in [5.41, 5.74) is 0. The summed E-state index contributed by atoms with van der Waals surface area (Å²) in [6.45, 7) is 3.96. The Morgan fingerprint density at radius 3 is 2.48 bits per heavy atom. The highest BCUT2D eigenvalue weighted by Gasteiger charge is 2.21. The van der Waals surface area contributed by atoms with Crippen LogP contribution < -0.4 is 10.2 Å². The number of halogens is 1. The maximum absolute atomic E-state index is 9.58. The molecule has 1 aromatic heterocycles. The van der Waals surface area contributed by atoms with E-state index in [1.165, 1.54) is 32.1 Å². The summed E-state index contributed by atoms with van der Waals surface area (Å²) < 4.78 is 0.912. The summed E-state index contributed by atoms with van der Waals surface area (Å²) >= 11 is 3.36. The Kier molecular flexibility index (Phi) is 7.73. The van der Waals surface area contributed by atoms with Gasteiger partial charge in [0.2, 0.25) is 5.95 Å². The minimum Gasteiger partial charge on any atom is -0.379 e. The van der Waals surface area contributed by atoms with Crippen LogP contribution in [0.2, 0.25) is 0 Å². The van der Waals surface area contributed by atoms with Crippen molar-refractivity contribution in [3.8, 4) is 0 Å². The van der Waals surface area contributed by atoms with Crippen LogP contribution in [-0.2, 0) is 0 Å². The highest BCUT2D eigenvalue weighted by molar-refractivity contribution is 9.10. The number of hydrogen-bond acceptors (Lipinski definition) is 5. The monoisotopic (exact) mass is 384 g/mol. The molecule has 0 saturated heterocycles. The zero-order valence-electron chi connectivity index (χ0n) is 14.2. The van der Waals surface area contributed by atoms with Crippen LogP contribution in [0, 0.1) is 11.8 Å². The molecule has 6 heteroatoms. The first-order valence-corrected chi connectivity index (χ1v) is 9.48. The van der Waals surface area contributed by atoms with Crippen molar-refractivity contribution in [2.75, 3.05) is 25.0 Å². The normalized spacial score (nSPS) is 22.8. The van der Waals surface area contributed by atoms with Crippen molar-refractivity contribution < 1.29 is 5.11 Å². The maximum Gasteiger partial charge on any atom is 0.225 e. The van der Waals surface area contributed by atoms with E-state index in [9.17, 15) is 5.11 Å². The minimum absolute atomic E-state index is 0.340. The second kappa shape index (κ2) is 9.55. The lowest BCUT2D eigenvalue weighted by molar-refractivity contribution is 0.120. The Hall–Kier alpha value is -0.720. The standard InChI is InChI=1S/C17H29BrN4O/c1-3-16(23)19-10-14-6-4-13(5-7-14)8-9-22(2)17-20-11-15(18)12-21-17/h11-14,16,19,23H,3-10H2,1-2H3. The molecular weight excluding hydrogens is 356 g/mol. The van der Waals surface area contributed by atoms with Gasteiger partial charge < -0.3 is 10.0 Å². The Bertz CT molecular complexity index is 448. The molecule has 1 atom stereocenters. The summed E-state index contributed by atoms with van der Waals surface area (Å²) in [6.07, 6.45) is 10.4. The number of hydrogen-bond donors (Lipinski definition) is 2. The Morgan fingerprint density at radius 2 is 1.87 bits per heavy atom. The van der Waals surface area contributed by atoms with Gasteiger partial charge in [-0.3, -0.25) is 5.32 Å². The van der Waals surface area contributed by atoms with E-state index in [0.717, 1.165) is 41.8 Å². The quantitative estimate of drug-likeness (QED) is 0.673. The Labute approximate surface area is 148 Å². The van der Waals surface area contributed by atoms with Gasteiger partial charge in [0.25, 0.3) is 0 Å². The molecule has 1 fully saturated rings. The molecule has 1 unspecified atom stereocenters. The van der Waals surface area contributed by atoms with Crippen molar-refractivity contribution in [1.29, 1.82) is 0 Å². The fourth-order valence-electron chi connectivity index (χ4n) is 3.15. The van der Waals surface area contributed by atoms with Gasteiger partial charge in [0, 0.05) is 32.5 Å². The Balaban J connectivity index is 1.65. The average Bonchev–Trinajstić information content (AvgIpc) is 2.59. The average molecular weight is 385 g/mol. The summed E-state index contributed by atoms with van der Waals surface area (Å²) in [5, 5.41) is 12.8. The van der Waals surface area contributed by atoms with Crippen LogP contribution in [0.4, 0.5) is 5.95 Å². The summed E-state index contributed by atoms with van der Waals surface area (Å²) in [4.78, 5) is 10.8. The smallest absolute Gasteiger partial charge is 0.225 e. The molecule has 0 amide bonds. The first-order chi connectivity index (χ1) is 11.1. The third-order valence-electron chi connectivity index (χ3n) is 4.82. The fraction of sp³-hybridized carbons (Fsp3) is 0.765. The van der Waals surface area contributed by atoms with Gasteiger partial charge in [-0.15, -0.1) is 0 Å². The maximum atomic E-state index is 9.58. The Morgan fingerprint density at radius 1 is 1.26 bits per heavy atom. The van der Waals surface area contributed by atoms with Crippen LogP contribution >= 0.6 is 15.9 Å². The van der Waals surface area contributed by atoms with E-state index in [4.69, 9.17) is 0 Å². The molecule has 0 aliphatic heterocycles. The molecule has 0 spiro atoms. The summed E-state index contributed by atoms with van der Waals surface area (Å²) in [7, 11) is 2.06. The molecule has 1 aromatic rings. The SMILES string of the molecule is CCC(O)NCC1CCC(CCN(C)c2ncc(Br)cn2)CC1. The van der Waals surface area contributed by atoms with Gasteiger partial charge in [0.1, 0.15) is 6.23 Å². The number of aromatic nitrogens is 2. The predicted molar refractivity (Wildman–Crippen MR) is 97.4 cm³/mol. The number of rotatable bonds is 8. The van der Waals surface area contributed by atoms with Gasteiger partial charge in [-0.2, -0.15) is 0 Å². The van der Waals surface area contributed by atoms with Crippen LogP contribution in [0.15, 0.2) is 16.9 Å². The number of nitrogens with one attached hydrogen (secondary N) is 1. The molecule has 0 bridgehead atoms. The molecule has 23 heavy (non-hydrogen) atoms. The highest BCUT2D eigenvalue weighted by Crippen LogP contribution is 2.30. The molecule has 0 aromatic carbocycles. The fourth-order valence-corrected chi connectivity index (χ4v) is 3.35. The molecule has 1 aliphatic carbocycles. The zero-order valence-corrected chi connectivity index (χ0v) is 15.8. The predicted octanol–water partition coefficient (Wildman–Crippen LogP) is 3.19. The van der Waals surface area contributed by atoms with Crippen LogP contribution in [-0.4, -0.2) is 41.4 Å². The van der Waals surface area contributed by atoms with Crippen molar-refractivity contribution in [3.63, 3.8) is 0 Å². The molecule has 1 heterocycles. The van der Waals surface area contributed by atoms with Crippen molar-refractivity contribution in [3.05, 3.63) is 16.9 Å². The first-order valence-electron chi connectivity index (χ1n) is 8.68. The van der Waals surface area contributed by atoms with Crippen molar-refractivity contribution >= 4 is 21.9 Å². The van der Waals surface area contributed by atoms with Crippen LogP contribution in [0.3, 0.4) is 0 Å². The number of aliphatic hydroxyl groups excluding tert-OH is 1. The summed E-state index contributed by atoms with van der Waals surface area (Å²) in [5.74, 6) is 2.32.